The van der Waals surface area contributed by atoms with Gasteiger partial charge in [0.2, 0.25) is 0 Å². The first-order valence-corrected chi connectivity index (χ1v) is 6.25. The van der Waals surface area contributed by atoms with E-state index in [1.807, 2.05) is 38.1 Å². The summed E-state index contributed by atoms with van der Waals surface area (Å²) in [7, 11) is 1.64. The van der Waals surface area contributed by atoms with Crippen LogP contribution in [0.25, 0.3) is 11.4 Å². The van der Waals surface area contributed by atoms with E-state index in [0.717, 1.165) is 28.3 Å². The molecule has 0 unspecified atom stereocenters. The SMILES string of the molecule is COc1ccccc1-c1nc(C)c(CCO)c(C)n1. The maximum absolute atomic E-state index is 9.06. The zero-order valence-electron chi connectivity index (χ0n) is 11.5. The van der Waals surface area contributed by atoms with E-state index in [1.165, 1.54) is 0 Å². The van der Waals surface area contributed by atoms with E-state index in [9.17, 15) is 0 Å². The van der Waals surface area contributed by atoms with Gasteiger partial charge in [0.15, 0.2) is 5.82 Å². The molecule has 0 saturated carbocycles. The van der Waals surface area contributed by atoms with E-state index in [0.29, 0.717) is 12.2 Å². The number of methoxy groups -OCH3 is 1. The van der Waals surface area contributed by atoms with Crippen molar-refractivity contribution < 1.29 is 9.84 Å². The van der Waals surface area contributed by atoms with E-state index in [4.69, 9.17) is 9.84 Å². The maximum Gasteiger partial charge on any atom is 0.163 e. The summed E-state index contributed by atoms with van der Waals surface area (Å²) in [6, 6.07) is 7.69. The molecule has 0 radical (unpaired) electrons. The van der Waals surface area contributed by atoms with Crippen molar-refractivity contribution in [3.05, 3.63) is 41.2 Å². The Kier molecular flexibility index (Phi) is 4.12. The Bertz CT molecular complexity index is 559. The Labute approximate surface area is 113 Å². The van der Waals surface area contributed by atoms with E-state index in [1.54, 1.807) is 7.11 Å². The zero-order valence-corrected chi connectivity index (χ0v) is 11.5. The van der Waals surface area contributed by atoms with Gasteiger partial charge in [-0.1, -0.05) is 12.1 Å². The Morgan fingerprint density at radius 1 is 1.11 bits per heavy atom. The normalized spacial score (nSPS) is 10.5. The molecule has 0 spiro atoms. The number of aliphatic hydroxyl groups is 1. The summed E-state index contributed by atoms with van der Waals surface area (Å²) in [5, 5.41) is 9.06. The van der Waals surface area contributed by atoms with Crippen LogP contribution in [0.15, 0.2) is 24.3 Å². The highest BCUT2D eigenvalue weighted by Crippen LogP contribution is 2.27. The van der Waals surface area contributed by atoms with E-state index < -0.39 is 0 Å². The molecule has 0 fully saturated rings. The lowest BCUT2D eigenvalue weighted by molar-refractivity contribution is 0.298. The van der Waals surface area contributed by atoms with Crippen molar-refractivity contribution in [3.63, 3.8) is 0 Å². The van der Waals surface area contributed by atoms with Gasteiger partial charge < -0.3 is 9.84 Å². The Morgan fingerprint density at radius 2 is 1.74 bits per heavy atom. The standard InChI is InChI=1S/C15H18N2O2/c1-10-12(8-9-18)11(2)17-15(16-10)13-6-4-5-7-14(13)19-3/h4-7,18H,8-9H2,1-3H3. The van der Waals surface area contributed by atoms with Gasteiger partial charge in [0, 0.05) is 18.0 Å². The molecule has 0 aliphatic heterocycles. The summed E-state index contributed by atoms with van der Waals surface area (Å²) in [5.74, 6) is 1.42. The highest BCUT2D eigenvalue weighted by Gasteiger charge is 2.12. The number of aliphatic hydroxyl groups excluding tert-OH is 1. The average molecular weight is 258 g/mol. The van der Waals surface area contributed by atoms with Crippen molar-refractivity contribution in [3.8, 4) is 17.1 Å². The number of para-hydroxylation sites is 1. The van der Waals surface area contributed by atoms with Gasteiger partial charge in [-0.2, -0.15) is 0 Å². The minimum Gasteiger partial charge on any atom is -0.496 e. The molecule has 0 saturated heterocycles. The van der Waals surface area contributed by atoms with Gasteiger partial charge in [0.1, 0.15) is 5.75 Å². The van der Waals surface area contributed by atoms with E-state index in [2.05, 4.69) is 9.97 Å². The van der Waals surface area contributed by atoms with Gasteiger partial charge in [-0.05, 0) is 38.0 Å². The lowest BCUT2D eigenvalue weighted by Gasteiger charge is -2.12. The minimum absolute atomic E-state index is 0.110. The first-order chi connectivity index (χ1) is 9.17. The molecule has 0 bridgehead atoms. The molecular formula is C15H18N2O2. The van der Waals surface area contributed by atoms with E-state index >= 15 is 0 Å². The van der Waals surface area contributed by atoms with Gasteiger partial charge in [-0.15, -0.1) is 0 Å². The molecule has 4 nitrogen and oxygen atoms in total. The lowest BCUT2D eigenvalue weighted by atomic mass is 10.1. The Balaban J connectivity index is 2.52. The van der Waals surface area contributed by atoms with Crippen LogP contribution in [0.1, 0.15) is 17.0 Å². The molecule has 19 heavy (non-hydrogen) atoms. The molecular weight excluding hydrogens is 240 g/mol. The highest BCUT2D eigenvalue weighted by atomic mass is 16.5. The first kappa shape index (κ1) is 13.5. The second kappa shape index (κ2) is 5.80. The van der Waals surface area contributed by atoms with Crippen LogP contribution in [0.2, 0.25) is 0 Å². The third kappa shape index (κ3) is 2.74. The molecule has 1 N–H and O–H groups in total. The molecule has 2 rings (SSSR count). The number of nitrogens with zero attached hydrogens (tertiary/aromatic N) is 2. The number of aromatic nitrogens is 2. The van der Waals surface area contributed by atoms with Crippen LogP contribution in [0.5, 0.6) is 5.75 Å². The topological polar surface area (TPSA) is 55.2 Å². The van der Waals surface area contributed by atoms with Crippen LogP contribution < -0.4 is 4.74 Å². The molecule has 1 aromatic heterocycles. The zero-order chi connectivity index (χ0) is 13.8. The van der Waals surface area contributed by atoms with Crippen LogP contribution in [-0.4, -0.2) is 28.8 Å². The van der Waals surface area contributed by atoms with E-state index in [-0.39, 0.29) is 6.61 Å². The summed E-state index contributed by atoms with van der Waals surface area (Å²) in [6.07, 6.45) is 0.587. The number of rotatable bonds is 4. The van der Waals surface area contributed by atoms with Crippen LogP contribution >= 0.6 is 0 Å². The van der Waals surface area contributed by atoms with Crippen LogP contribution in [0, 0.1) is 13.8 Å². The predicted molar refractivity (Wildman–Crippen MR) is 74.3 cm³/mol. The average Bonchev–Trinajstić information content (AvgIpc) is 2.42. The number of ether oxygens (including phenoxy) is 1. The molecule has 100 valence electrons. The van der Waals surface area contributed by atoms with Gasteiger partial charge in [0.05, 0.1) is 12.7 Å². The quantitative estimate of drug-likeness (QED) is 0.914. The third-order valence-corrected chi connectivity index (χ3v) is 3.13. The fraction of sp³-hybridized carbons (Fsp3) is 0.333. The summed E-state index contributed by atoms with van der Waals surface area (Å²) >= 11 is 0. The molecule has 0 aliphatic carbocycles. The number of aryl methyl sites for hydroxylation is 2. The predicted octanol–water partition coefficient (Wildman–Crippen LogP) is 2.30. The molecule has 0 atom stereocenters. The second-order valence-electron chi connectivity index (χ2n) is 4.37. The van der Waals surface area contributed by atoms with Crippen molar-refractivity contribution >= 4 is 0 Å². The van der Waals surface area contributed by atoms with Gasteiger partial charge in [-0.3, -0.25) is 0 Å². The molecule has 4 heteroatoms. The fourth-order valence-corrected chi connectivity index (χ4v) is 2.16. The summed E-state index contributed by atoms with van der Waals surface area (Å²) < 4.78 is 5.34. The number of benzene rings is 1. The van der Waals surface area contributed by atoms with Gasteiger partial charge in [-0.25, -0.2) is 9.97 Å². The molecule has 0 amide bonds. The van der Waals surface area contributed by atoms with Crippen LogP contribution in [-0.2, 0) is 6.42 Å². The third-order valence-electron chi connectivity index (χ3n) is 3.13. The minimum atomic E-state index is 0.110. The summed E-state index contributed by atoms with van der Waals surface area (Å²) in [6.45, 7) is 4.00. The maximum atomic E-state index is 9.06. The smallest absolute Gasteiger partial charge is 0.163 e. The Morgan fingerprint density at radius 3 is 2.32 bits per heavy atom. The molecule has 2 aromatic rings. The first-order valence-electron chi connectivity index (χ1n) is 6.25. The van der Waals surface area contributed by atoms with Crippen molar-refractivity contribution in [2.45, 2.75) is 20.3 Å². The highest BCUT2D eigenvalue weighted by molar-refractivity contribution is 5.64. The molecule has 1 heterocycles. The summed E-state index contributed by atoms with van der Waals surface area (Å²) in [5.41, 5.74) is 3.71. The summed E-state index contributed by atoms with van der Waals surface area (Å²) in [4.78, 5) is 9.06. The monoisotopic (exact) mass is 258 g/mol. The lowest BCUT2D eigenvalue weighted by Crippen LogP contribution is -2.05. The largest absolute Gasteiger partial charge is 0.496 e. The fourth-order valence-electron chi connectivity index (χ4n) is 2.16. The van der Waals surface area contributed by atoms with Crippen molar-refractivity contribution in [1.29, 1.82) is 0 Å². The van der Waals surface area contributed by atoms with Crippen molar-refractivity contribution in [1.82, 2.24) is 9.97 Å². The van der Waals surface area contributed by atoms with Gasteiger partial charge in [0.25, 0.3) is 0 Å². The van der Waals surface area contributed by atoms with Crippen LogP contribution in [0.3, 0.4) is 0 Å². The van der Waals surface area contributed by atoms with Crippen molar-refractivity contribution in [2.24, 2.45) is 0 Å². The number of hydrogen-bond donors (Lipinski definition) is 1. The number of hydrogen-bond acceptors (Lipinski definition) is 4. The Hall–Kier alpha value is -1.94. The van der Waals surface area contributed by atoms with Crippen molar-refractivity contribution in [2.75, 3.05) is 13.7 Å². The van der Waals surface area contributed by atoms with Gasteiger partial charge >= 0.3 is 0 Å². The molecule has 0 aliphatic rings. The van der Waals surface area contributed by atoms with Crippen LogP contribution in [0.4, 0.5) is 0 Å². The second-order valence-corrected chi connectivity index (χ2v) is 4.37. The molecule has 1 aromatic carbocycles.